The van der Waals surface area contributed by atoms with Crippen molar-refractivity contribution in [1.82, 2.24) is 24.8 Å². The van der Waals surface area contributed by atoms with Gasteiger partial charge in [0.2, 0.25) is 23.4 Å². The number of rotatable bonds is 11. The van der Waals surface area contributed by atoms with Crippen LogP contribution in [0.5, 0.6) is 0 Å². The van der Waals surface area contributed by atoms with Gasteiger partial charge in [0.15, 0.2) is 5.69 Å². The van der Waals surface area contributed by atoms with Crippen LogP contribution in [0.3, 0.4) is 0 Å². The Bertz CT molecular complexity index is 1920. The minimum atomic E-state index is 0.476. The highest BCUT2D eigenvalue weighted by Crippen LogP contribution is 2.31. The standard InChI is InChI=1S/C36H48N11O/c1-9-48-19-18-46-14-16-47(17-15-46)36-41-34(38-26-10-12-30-28(22-26)32(43(4)5)20-24(2)37-30)40-35(42-36)39-27-11-13-31-29(23-27)33(44(6)7)21-25(3)45(31)8/h10-13,20-23H,9,14-19H2,1-8H3,(H2,38,39,40,41,42)/q+1. The van der Waals surface area contributed by atoms with Crippen LogP contribution in [0, 0.1) is 13.8 Å². The Hall–Kier alpha value is -4.81. The summed E-state index contributed by atoms with van der Waals surface area (Å²) >= 11 is 0. The van der Waals surface area contributed by atoms with Crippen molar-refractivity contribution in [3.05, 3.63) is 59.9 Å². The lowest BCUT2D eigenvalue weighted by Crippen LogP contribution is -2.48. The molecule has 1 saturated heterocycles. The summed E-state index contributed by atoms with van der Waals surface area (Å²) in [5, 5.41) is 9.19. The fourth-order valence-corrected chi connectivity index (χ4v) is 6.21. The van der Waals surface area contributed by atoms with Crippen LogP contribution < -0.4 is 29.9 Å². The number of piperazine rings is 1. The highest BCUT2D eigenvalue weighted by molar-refractivity contribution is 5.95. The maximum atomic E-state index is 5.59. The van der Waals surface area contributed by atoms with Crippen molar-refractivity contribution in [3.8, 4) is 0 Å². The molecule has 12 nitrogen and oxygen atoms in total. The summed E-state index contributed by atoms with van der Waals surface area (Å²) in [4.78, 5) is 28.4. The molecule has 6 rings (SSSR count). The number of nitrogens with one attached hydrogen (secondary N) is 2. The van der Waals surface area contributed by atoms with E-state index in [2.05, 4.69) is 113 Å². The van der Waals surface area contributed by atoms with E-state index in [0.29, 0.717) is 17.8 Å². The molecule has 0 amide bonds. The number of hydrogen-bond donors (Lipinski definition) is 2. The molecule has 1 aliphatic rings. The molecule has 1 fully saturated rings. The topological polar surface area (TPSA) is 102 Å². The summed E-state index contributed by atoms with van der Waals surface area (Å²) in [5.74, 6) is 1.60. The molecule has 1 aliphatic heterocycles. The summed E-state index contributed by atoms with van der Waals surface area (Å²) in [6.45, 7) is 12.1. The van der Waals surface area contributed by atoms with E-state index >= 15 is 0 Å². The Morgan fingerprint density at radius 3 is 2.04 bits per heavy atom. The molecule has 0 aliphatic carbocycles. The molecule has 252 valence electrons. The zero-order valence-corrected chi connectivity index (χ0v) is 29.5. The van der Waals surface area contributed by atoms with E-state index in [9.17, 15) is 0 Å². The first kappa shape index (κ1) is 33.1. The molecule has 2 N–H and O–H groups in total. The molecule has 0 atom stereocenters. The van der Waals surface area contributed by atoms with Crippen LogP contribution in [0.1, 0.15) is 18.3 Å². The molecule has 0 unspecified atom stereocenters. The first-order valence-corrected chi connectivity index (χ1v) is 16.6. The number of anilines is 7. The van der Waals surface area contributed by atoms with Crippen molar-refractivity contribution < 1.29 is 9.30 Å². The summed E-state index contributed by atoms with van der Waals surface area (Å²) < 4.78 is 7.80. The second-order valence-corrected chi connectivity index (χ2v) is 12.8. The van der Waals surface area contributed by atoms with Gasteiger partial charge in [-0.2, -0.15) is 19.5 Å². The monoisotopic (exact) mass is 650 g/mol. The lowest BCUT2D eigenvalue weighted by Gasteiger charge is -2.34. The van der Waals surface area contributed by atoms with Gasteiger partial charge in [-0.1, -0.05) is 0 Å². The lowest BCUT2D eigenvalue weighted by atomic mass is 10.1. The largest absolute Gasteiger partial charge is 0.380 e. The predicted molar refractivity (Wildman–Crippen MR) is 197 cm³/mol. The smallest absolute Gasteiger partial charge is 0.233 e. The van der Waals surface area contributed by atoms with Gasteiger partial charge >= 0.3 is 0 Å². The first-order valence-electron chi connectivity index (χ1n) is 16.6. The summed E-state index contributed by atoms with van der Waals surface area (Å²) in [5.41, 5.74) is 8.33. The summed E-state index contributed by atoms with van der Waals surface area (Å²) in [6.07, 6.45) is 0. The van der Waals surface area contributed by atoms with Crippen LogP contribution in [0.2, 0.25) is 0 Å². The predicted octanol–water partition coefficient (Wildman–Crippen LogP) is 4.79. The van der Waals surface area contributed by atoms with Crippen molar-refractivity contribution in [2.24, 2.45) is 7.05 Å². The highest BCUT2D eigenvalue weighted by atomic mass is 16.5. The number of benzene rings is 2. The van der Waals surface area contributed by atoms with E-state index in [-0.39, 0.29) is 0 Å². The van der Waals surface area contributed by atoms with E-state index in [4.69, 9.17) is 24.7 Å². The number of fused-ring (bicyclic) bond motifs is 2. The maximum absolute atomic E-state index is 5.59. The van der Waals surface area contributed by atoms with Crippen LogP contribution in [0.4, 0.5) is 40.6 Å². The van der Waals surface area contributed by atoms with Gasteiger partial charge in [0.1, 0.15) is 7.05 Å². The Labute approximate surface area is 283 Å². The minimum Gasteiger partial charge on any atom is -0.380 e. The Morgan fingerprint density at radius 2 is 1.40 bits per heavy atom. The number of pyridine rings is 2. The summed E-state index contributed by atoms with van der Waals surface area (Å²) in [6, 6.07) is 16.9. The number of nitrogens with zero attached hydrogens (tertiary/aromatic N) is 9. The Kier molecular flexibility index (Phi) is 9.74. The first-order chi connectivity index (χ1) is 23.1. The van der Waals surface area contributed by atoms with Crippen molar-refractivity contribution >= 4 is 62.4 Å². The molecular weight excluding hydrogens is 602 g/mol. The van der Waals surface area contributed by atoms with Crippen molar-refractivity contribution in [1.29, 1.82) is 0 Å². The molecule has 0 spiro atoms. The average Bonchev–Trinajstić information content (AvgIpc) is 3.06. The van der Waals surface area contributed by atoms with Gasteiger partial charge in [0.05, 0.1) is 23.2 Å². The van der Waals surface area contributed by atoms with Crippen LogP contribution in [-0.4, -0.2) is 99.0 Å². The zero-order chi connectivity index (χ0) is 33.9. The normalized spacial score (nSPS) is 13.7. The number of hydrogen-bond acceptors (Lipinski definition) is 11. The average molecular weight is 651 g/mol. The number of aromatic nitrogens is 5. The third-order valence-corrected chi connectivity index (χ3v) is 8.93. The van der Waals surface area contributed by atoms with E-state index in [1.807, 2.05) is 26.0 Å². The van der Waals surface area contributed by atoms with Crippen molar-refractivity contribution in [2.45, 2.75) is 20.8 Å². The fourth-order valence-electron chi connectivity index (χ4n) is 6.21. The SMILES string of the molecule is CCOCCN1CCN(c2nc(Nc3ccc4nc(C)cc(N(C)C)c4c3)nc(Nc3ccc4c(c3)c(N(C)C)cc(C)[n+]4C)n2)CC1. The fraction of sp³-hybridized carbons (Fsp3) is 0.417. The highest BCUT2D eigenvalue weighted by Gasteiger charge is 2.22. The van der Waals surface area contributed by atoms with E-state index in [1.165, 1.54) is 5.69 Å². The second kappa shape index (κ2) is 14.1. The third kappa shape index (κ3) is 7.19. The molecule has 0 saturated carbocycles. The maximum Gasteiger partial charge on any atom is 0.233 e. The number of aryl methyl sites for hydroxylation is 3. The molecule has 0 bridgehead atoms. The molecule has 12 heteroatoms. The van der Waals surface area contributed by atoms with Crippen molar-refractivity contribution in [2.75, 3.05) is 99.5 Å². The van der Waals surface area contributed by atoms with Gasteiger partial charge in [-0.05, 0) is 50.2 Å². The molecule has 0 radical (unpaired) electrons. The Balaban J connectivity index is 1.34. The summed E-state index contributed by atoms with van der Waals surface area (Å²) in [7, 11) is 10.4. The van der Waals surface area contributed by atoms with Gasteiger partial charge < -0.3 is 30.1 Å². The van der Waals surface area contributed by atoms with E-state index < -0.39 is 0 Å². The quantitative estimate of drug-likeness (QED) is 0.152. The molecule has 3 aromatic heterocycles. The van der Waals surface area contributed by atoms with Gasteiger partial charge in [-0.3, -0.25) is 9.88 Å². The molecule has 2 aromatic carbocycles. The second-order valence-electron chi connectivity index (χ2n) is 12.8. The molecule has 4 heterocycles. The van der Waals surface area contributed by atoms with Crippen LogP contribution >= 0.6 is 0 Å². The lowest BCUT2D eigenvalue weighted by molar-refractivity contribution is -0.651. The van der Waals surface area contributed by atoms with Gasteiger partial charge in [-0.15, -0.1) is 0 Å². The molecule has 48 heavy (non-hydrogen) atoms. The van der Waals surface area contributed by atoms with E-state index in [0.717, 1.165) is 96.2 Å². The number of ether oxygens (including phenoxy) is 1. The minimum absolute atomic E-state index is 0.476. The van der Waals surface area contributed by atoms with Gasteiger partial charge in [0.25, 0.3) is 0 Å². The molecular formula is C36H48N11O+. The van der Waals surface area contributed by atoms with Crippen LogP contribution in [0.25, 0.3) is 21.8 Å². The van der Waals surface area contributed by atoms with Gasteiger partial charge in [0, 0.05) is 115 Å². The van der Waals surface area contributed by atoms with Crippen LogP contribution in [-0.2, 0) is 11.8 Å². The van der Waals surface area contributed by atoms with Crippen LogP contribution in [0.15, 0.2) is 48.5 Å². The molecule has 5 aromatic rings. The van der Waals surface area contributed by atoms with E-state index in [1.54, 1.807) is 0 Å². The van der Waals surface area contributed by atoms with Gasteiger partial charge in [-0.25, -0.2) is 0 Å². The van der Waals surface area contributed by atoms with Crippen molar-refractivity contribution in [3.63, 3.8) is 0 Å². The Morgan fingerprint density at radius 1 is 0.771 bits per heavy atom. The zero-order valence-electron chi connectivity index (χ0n) is 29.5. The third-order valence-electron chi connectivity index (χ3n) is 8.93.